The number of piperidine rings is 1. The van der Waals surface area contributed by atoms with Gasteiger partial charge in [0.15, 0.2) is 17.3 Å². The van der Waals surface area contributed by atoms with Crippen molar-refractivity contribution in [2.45, 2.75) is 37.5 Å². The van der Waals surface area contributed by atoms with Crippen molar-refractivity contribution in [1.82, 2.24) is 20.1 Å². The van der Waals surface area contributed by atoms with Crippen molar-refractivity contribution in [1.29, 1.82) is 0 Å². The molecule has 2 aromatic heterocycles. The van der Waals surface area contributed by atoms with Crippen LogP contribution in [0.5, 0.6) is 11.5 Å². The van der Waals surface area contributed by atoms with Gasteiger partial charge >= 0.3 is 0 Å². The predicted molar refractivity (Wildman–Crippen MR) is 117 cm³/mol. The lowest BCUT2D eigenvalue weighted by molar-refractivity contribution is 0.0716. The third-order valence-corrected chi connectivity index (χ3v) is 7.40. The number of rotatable bonds is 4. The minimum atomic E-state index is 0.114. The Morgan fingerprint density at radius 2 is 1.81 bits per heavy atom. The average molecular weight is 437 g/mol. The molecule has 2 aliphatic heterocycles. The van der Waals surface area contributed by atoms with Gasteiger partial charge in [0.05, 0.1) is 4.88 Å². The number of nitrogens with zero attached hydrogens (tertiary/aromatic N) is 3. The highest BCUT2D eigenvalue weighted by molar-refractivity contribution is 7.17. The molecule has 0 unspecified atom stereocenters. The van der Waals surface area contributed by atoms with Gasteiger partial charge in [0.25, 0.3) is 5.91 Å². The fraction of sp³-hybridized carbons (Fsp3) is 0.435. The summed E-state index contributed by atoms with van der Waals surface area (Å²) in [6.45, 7) is 2.65. The lowest BCUT2D eigenvalue weighted by atomic mass is 9.96. The highest BCUT2D eigenvalue weighted by Crippen LogP contribution is 2.39. The third kappa shape index (κ3) is 3.69. The van der Waals surface area contributed by atoms with Crippen molar-refractivity contribution < 1.29 is 14.3 Å². The molecule has 2 fully saturated rings. The number of ether oxygens (including phenoxy) is 2. The number of nitrogens with one attached hydrogen (secondary N) is 1. The van der Waals surface area contributed by atoms with E-state index < -0.39 is 0 Å². The molecule has 3 aliphatic rings. The average Bonchev–Trinajstić information content (AvgIpc) is 3.34. The lowest BCUT2D eigenvalue weighted by Crippen LogP contribution is -2.37. The molecule has 0 radical (unpaired) electrons. The van der Waals surface area contributed by atoms with Crippen molar-refractivity contribution in [2.24, 2.45) is 0 Å². The van der Waals surface area contributed by atoms with Crippen LogP contribution in [0.15, 0.2) is 30.3 Å². The van der Waals surface area contributed by atoms with E-state index >= 15 is 0 Å². The molecule has 0 atom stereocenters. The summed E-state index contributed by atoms with van der Waals surface area (Å²) < 4.78 is 11.3. The second-order valence-corrected chi connectivity index (χ2v) is 9.53. The second-order valence-electron chi connectivity index (χ2n) is 8.44. The molecule has 3 aromatic rings. The molecular formula is C23H24N4O3S. The van der Waals surface area contributed by atoms with Gasteiger partial charge in [-0.25, -0.2) is 4.98 Å². The minimum Gasteiger partial charge on any atom is -0.486 e. The highest BCUT2D eigenvalue weighted by Gasteiger charge is 2.31. The summed E-state index contributed by atoms with van der Waals surface area (Å²) in [7, 11) is 0. The first-order chi connectivity index (χ1) is 15.2. The molecule has 31 heavy (non-hydrogen) atoms. The number of carbonyl (C=O) groups is 1. The summed E-state index contributed by atoms with van der Waals surface area (Å²) in [4.78, 5) is 21.6. The fourth-order valence-corrected chi connectivity index (χ4v) is 5.28. The molecule has 1 N–H and O–H groups in total. The molecule has 1 saturated heterocycles. The van der Waals surface area contributed by atoms with Gasteiger partial charge in [-0.3, -0.25) is 9.89 Å². The zero-order valence-electron chi connectivity index (χ0n) is 17.2. The summed E-state index contributed by atoms with van der Waals surface area (Å²) in [5.41, 5.74) is 1.05. The third-order valence-electron chi connectivity index (χ3n) is 6.27. The van der Waals surface area contributed by atoms with Crippen molar-refractivity contribution in [3.63, 3.8) is 0 Å². The summed E-state index contributed by atoms with van der Waals surface area (Å²) in [6, 6.07) is 9.90. The summed E-state index contributed by atoms with van der Waals surface area (Å²) >= 11 is 1.53. The number of hydrogen-bond donors (Lipinski definition) is 1. The maximum absolute atomic E-state index is 13.1. The van der Waals surface area contributed by atoms with Crippen molar-refractivity contribution in [3.05, 3.63) is 46.9 Å². The number of carbonyl (C=O) groups excluding carboxylic acids is 1. The number of aromatic nitrogens is 3. The fourth-order valence-electron chi connectivity index (χ4n) is 4.31. The molecule has 1 saturated carbocycles. The van der Waals surface area contributed by atoms with E-state index in [1.54, 1.807) is 0 Å². The maximum atomic E-state index is 13.1. The number of likely N-dealkylation sites (tertiary alicyclic amines) is 1. The summed E-state index contributed by atoms with van der Waals surface area (Å²) in [5.74, 6) is 4.55. The van der Waals surface area contributed by atoms with Gasteiger partial charge in [0.2, 0.25) is 0 Å². The van der Waals surface area contributed by atoms with Gasteiger partial charge in [0.1, 0.15) is 19.0 Å². The van der Waals surface area contributed by atoms with Crippen LogP contribution in [-0.4, -0.2) is 52.3 Å². The zero-order chi connectivity index (χ0) is 20.8. The minimum absolute atomic E-state index is 0.114. The van der Waals surface area contributed by atoms with Gasteiger partial charge in [-0.15, -0.1) is 11.3 Å². The molecule has 4 heterocycles. The molecule has 8 heteroatoms. The van der Waals surface area contributed by atoms with E-state index in [1.807, 2.05) is 35.2 Å². The van der Waals surface area contributed by atoms with E-state index in [4.69, 9.17) is 14.5 Å². The van der Waals surface area contributed by atoms with Crippen molar-refractivity contribution in [3.8, 4) is 21.9 Å². The van der Waals surface area contributed by atoms with E-state index in [-0.39, 0.29) is 5.91 Å². The van der Waals surface area contributed by atoms with Gasteiger partial charge < -0.3 is 14.4 Å². The molecule has 6 rings (SSSR count). The summed E-state index contributed by atoms with van der Waals surface area (Å²) in [6.07, 6.45) is 4.26. The topological polar surface area (TPSA) is 80.3 Å². The Labute approximate surface area is 184 Å². The standard InChI is InChI=1S/C23H24N4O3S/c28-23(27-9-7-15(8-10-27)22-24-21(25-26-22)14-1-2-14)20-6-5-19(31-20)16-3-4-17-18(13-16)30-12-11-29-17/h3-6,13-15H,1-2,7-12H2,(H,24,25,26). The first-order valence-corrected chi connectivity index (χ1v) is 11.8. The highest BCUT2D eigenvalue weighted by atomic mass is 32.1. The first-order valence-electron chi connectivity index (χ1n) is 11.0. The Morgan fingerprint density at radius 1 is 1.00 bits per heavy atom. The second kappa shape index (κ2) is 7.67. The van der Waals surface area contributed by atoms with Crippen LogP contribution in [0.1, 0.15) is 58.8 Å². The molecule has 1 aromatic carbocycles. The number of thiophene rings is 1. The van der Waals surface area contributed by atoms with Crippen LogP contribution >= 0.6 is 11.3 Å². The molecule has 160 valence electrons. The van der Waals surface area contributed by atoms with Crippen LogP contribution in [0.25, 0.3) is 10.4 Å². The van der Waals surface area contributed by atoms with Crippen LogP contribution in [0.4, 0.5) is 0 Å². The number of aromatic amines is 1. The Kier molecular flexibility index (Phi) is 4.67. The van der Waals surface area contributed by atoms with Gasteiger partial charge in [0, 0.05) is 29.8 Å². The van der Waals surface area contributed by atoms with Crippen LogP contribution in [-0.2, 0) is 0 Å². The Morgan fingerprint density at radius 3 is 2.61 bits per heavy atom. The SMILES string of the molecule is O=C(c1ccc(-c2ccc3c(c2)OCCO3)s1)N1CCC(c2nc(C3CC3)n[nH]2)CC1. The molecule has 1 aliphatic carbocycles. The number of amides is 1. The van der Waals surface area contributed by atoms with Crippen LogP contribution in [0, 0.1) is 0 Å². The quantitative estimate of drug-likeness (QED) is 0.663. The van der Waals surface area contributed by atoms with Gasteiger partial charge in [-0.2, -0.15) is 5.10 Å². The maximum Gasteiger partial charge on any atom is 0.263 e. The van der Waals surface area contributed by atoms with E-state index in [9.17, 15) is 4.79 Å². The summed E-state index contributed by atoms with van der Waals surface area (Å²) in [5, 5.41) is 7.52. The number of hydrogen-bond acceptors (Lipinski definition) is 6. The Balaban J connectivity index is 1.11. The van der Waals surface area contributed by atoms with Gasteiger partial charge in [-0.1, -0.05) is 0 Å². The molecule has 7 nitrogen and oxygen atoms in total. The van der Waals surface area contributed by atoms with E-state index in [2.05, 4.69) is 10.2 Å². The Hall–Kier alpha value is -2.87. The molecular weight excluding hydrogens is 412 g/mol. The molecule has 1 amide bonds. The smallest absolute Gasteiger partial charge is 0.263 e. The first kappa shape index (κ1) is 18.9. The van der Waals surface area contributed by atoms with E-state index in [0.29, 0.717) is 25.0 Å². The van der Waals surface area contributed by atoms with Gasteiger partial charge in [-0.05, 0) is 61.6 Å². The van der Waals surface area contributed by atoms with E-state index in [0.717, 1.165) is 64.4 Å². The predicted octanol–water partition coefficient (Wildman–Crippen LogP) is 4.20. The lowest BCUT2D eigenvalue weighted by Gasteiger charge is -2.30. The largest absolute Gasteiger partial charge is 0.486 e. The normalized spacial score (nSPS) is 18.9. The number of benzene rings is 1. The monoisotopic (exact) mass is 436 g/mol. The van der Waals surface area contributed by atoms with Crippen LogP contribution in [0.2, 0.25) is 0 Å². The Bertz CT molecular complexity index is 1110. The molecule has 0 spiro atoms. The van der Waals surface area contributed by atoms with Crippen LogP contribution < -0.4 is 9.47 Å². The van der Waals surface area contributed by atoms with Crippen molar-refractivity contribution in [2.75, 3.05) is 26.3 Å². The van der Waals surface area contributed by atoms with Crippen LogP contribution in [0.3, 0.4) is 0 Å². The van der Waals surface area contributed by atoms with E-state index in [1.165, 1.54) is 24.2 Å². The zero-order valence-corrected chi connectivity index (χ0v) is 18.0. The van der Waals surface area contributed by atoms with Crippen molar-refractivity contribution >= 4 is 17.2 Å². The number of fused-ring (bicyclic) bond motifs is 1. The molecule has 0 bridgehead atoms. The number of H-pyrrole nitrogens is 1.